The van der Waals surface area contributed by atoms with Gasteiger partial charge in [0.15, 0.2) is 17.3 Å². The summed E-state index contributed by atoms with van der Waals surface area (Å²) in [5.41, 5.74) is 1.63. The Balaban J connectivity index is 1.59. The number of fused-ring (bicyclic) bond motifs is 1. The number of ether oxygens (including phenoxy) is 2. The fourth-order valence-electron chi connectivity index (χ4n) is 5.03. The molecule has 2 aromatic carbocycles. The molecule has 0 amide bonds. The molecule has 3 aromatic rings. The SMILES string of the molecule is COc1cc(C2C3=C(CC(C)(C)CC3=O)Nc3[nH]c(=O)[nH]c(=O)c32)ccc1OCc1ccccc1Cl. The van der Waals surface area contributed by atoms with Crippen molar-refractivity contribution in [1.82, 2.24) is 9.97 Å². The van der Waals surface area contributed by atoms with Crippen LogP contribution in [0.5, 0.6) is 11.5 Å². The van der Waals surface area contributed by atoms with E-state index in [2.05, 4.69) is 15.3 Å². The van der Waals surface area contributed by atoms with Crippen molar-refractivity contribution in [2.75, 3.05) is 12.4 Å². The van der Waals surface area contributed by atoms with Crippen LogP contribution in [0.25, 0.3) is 0 Å². The summed E-state index contributed by atoms with van der Waals surface area (Å²) in [6.45, 7) is 4.29. The van der Waals surface area contributed by atoms with Crippen LogP contribution < -0.4 is 26.0 Å². The predicted octanol–water partition coefficient (Wildman–Crippen LogP) is 4.50. The maximum Gasteiger partial charge on any atom is 0.327 e. The molecule has 0 fully saturated rings. The molecule has 8 nitrogen and oxygen atoms in total. The third-order valence-electron chi connectivity index (χ3n) is 6.61. The second-order valence-corrected chi connectivity index (χ2v) is 10.3. The van der Waals surface area contributed by atoms with E-state index in [9.17, 15) is 14.4 Å². The van der Waals surface area contributed by atoms with Crippen LogP contribution in [0.2, 0.25) is 5.02 Å². The lowest BCUT2D eigenvalue weighted by atomic mass is 9.69. The fourth-order valence-corrected chi connectivity index (χ4v) is 5.22. The minimum atomic E-state index is -0.674. The zero-order valence-electron chi connectivity index (χ0n) is 20.2. The van der Waals surface area contributed by atoms with Gasteiger partial charge in [-0.25, -0.2) is 4.79 Å². The zero-order valence-corrected chi connectivity index (χ0v) is 20.9. The van der Waals surface area contributed by atoms with E-state index in [1.165, 1.54) is 7.11 Å². The number of halogens is 1. The third-order valence-corrected chi connectivity index (χ3v) is 6.98. The largest absolute Gasteiger partial charge is 0.493 e. The number of methoxy groups -OCH3 is 1. The number of rotatable bonds is 5. The van der Waals surface area contributed by atoms with E-state index in [4.69, 9.17) is 21.1 Å². The molecule has 9 heteroatoms. The third kappa shape index (κ3) is 4.33. The first-order chi connectivity index (χ1) is 17.2. The molecule has 0 saturated heterocycles. The van der Waals surface area contributed by atoms with Crippen LogP contribution in [0.1, 0.15) is 49.3 Å². The van der Waals surface area contributed by atoms with Crippen molar-refractivity contribution in [3.05, 3.63) is 96.3 Å². The highest BCUT2D eigenvalue weighted by atomic mass is 35.5. The van der Waals surface area contributed by atoms with Gasteiger partial charge in [0, 0.05) is 34.2 Å². The minimum Gasteiger partial charge on any atom is -0.493 e. The van der Waals surface area contributed by atoms with Crippen LogP contribution in [-0.4, -0.2) is 22.9 Å². The molecule has 2 heterocycles. The highest BCUT2D eigenvalue weighted by Crippen LogP contribution is 2.48. The van der Waals surface area contributed by atoms with Crippen LogP contribution in [0.15, 0.2) is 63.3 Å². The summed E-state index contributed by atoms with van der Waals surface area (Å²) in [7, 11) is 1.53. The lowest BCUT2D eigenvalue weighted by Crippen LogP contribution is -2.38. The standard InChI is InChI=1S/C27H26ClN3O5/c1-27(2)11-17-22(18(32)12-27)21(23-24(29-17)30-26(34)31-25(23)33)14-8-9-19(20(10-14)35-3)36-13-15-6-4-5-7-16(15)28/h4-10,21H,11-13H2,1-3H3,(H3,29,30,31,33,34). The predicted molar refractivity (Wildman–Crippen MR) is 137 cm³/mol. The molecule has 2 aliphatic rings. The molecule has 1 unspecified atom stereocenters. The quantitative estimate of drug-likeness (QED) is 0.468. The van der Waals surface area contributed by atoms with E-state index >= 15 is 0 Å². The molecule has 5 rings (SSSR count). The molecular formula is C27H26ClN3O5. The van der Waals surface area contributed by atoms with E-state index in [1.807, 2.05) is 38.1 Å². The van der Waals surface area contributed by atoms with Gasteiger partial charge in [0.1, 0.15) is 12.4 Å². The maximum atomic E-state index is 13.4. The molecule has 1 aliphatic carbocycles. The van der Waals surface area contributed by atoms with E-state index < -0.39 is 17.2 Å². The summed E-state index contributed by atoms with van der Waals surface area (Å²) in [4.78, 5) is 43.4. The normalized spacial score (nSPS) is 18.2. The summed E-state index contributed by atoms with van der Waals surface area (Å²) in [5, 5.41) is 3.77. The smallest absolute Gasteiger partial charge is 0.327 e. The Bertz CT molecular complexity index is 1520. The number of hydrogen-bond acceptors (Lipinski definition) is 6. The summed E-state index contributed by atoms with van der Waals surface area (Å²) < 4.78 is 11.6. The number of nitrogens with one attached hydrogen (secondary N) is 3. The highest BCUT2D eigenvalue weighted by molar-refractivity contribution is 6.31. The van der Waals surface area contributed by atoms with E-state index in [1.54, 1.807) is 18.2 Å². The Hall–Kier alpha value is -3.78. The second kappa shape index (κ2) is 9.02. The minimum absolute atomic E-state index is 0.0342. The Morgan fingerprint density at radius 1 is 1.03 bits per heavy atom. The number of ketones is 1. The summed E-state index contributed by atoms with van der Waals surface area (Å²) in [6.07, 6.45) is 0.964. The van der Waals surface area contributed by atoms with Crippen LogP contribution >= 0.6 is 11.6 Å². The van der Waals surface area contributed by atoms with Gasteiger partial charge in [-0.2, -0.15) is 0 Å². The number of anilines is 1. The maximum absolute atomic E-state index is 13.4. The number of aromatic nitrogens is 2. The Labute approximate surface area is 212 Å². The van der Waals surface area contributed by atoms with E-state index in [0.29, 0.717) is 52.0 Å². The second-order valence-electron chi connectivity index (χ2n) is 9.88. The molecule has 0 radical (unpaired) electrons. The molecule has 1 aliphatic heterocycles. The lowest BCUT2D eigenvalue weighted by Gasteiger charge is -2.38. The number of benzene rings is 2. The molecular weight excluding hydrogens is 482 g/mol. The molecule has 1 aromatic heterocycles. The number of allylic oxidation sites excluding steroid dienone is 2. The Morgan fingerprint density at radius 3 is 2.56 bits per heavy atom. The summed E-state index contributed by atoms with van der Waals surface area (Å²) >= 11 is 6.25. The van der Waals surface area contributed by atoms with Gasteiger partial charge >= 0.3 is 5.69 Å². The number of H-pyrrole nitrogens is 2. The summed E-state index contributed by atoms with van der Waals surface area (Å²) in [6, 6.07) is 12.7. The number of carbonyl (C=O) groups is 1. The molecule has 186 valence electrons. The van der Waals surface area contributed by atoms with Crippen molar-refractivity contribution >= 4 is 23.2 Å². The van der Waals surface area contributed by atoms with Gasteiger partial charge in [-0.1, -0.05) is 49.7 Å². The molecule has 1 atom stereocenters. The number of aromatic amines is 2. The first kappa shape index (κ1) is 23.9. The van der Waals surface area contributed by atoms with Crippen molar-refractivity contribution in [1.29, 1.82) is 0 Å². The van der Waals surface area contributed by atoms with Gasteiger partial charge in [0.2, 0.25) is 0 Å². The van der Waals surface area contributed by atoms with E-state index in [-0.39, 0.29) is 23.4 Å². The first-order valence-electron chi connectivity index (χ1n) is 11.6. The number of carbonyl (C=O) groups excluding carboxylic acids is 1. The van der Waals surface area contributed by atoms with Crippen molar-refractivity contribution in [2.45, 2.75) is 39.2 Å². The van der Waals surface area contributed by atoms with Crippen molar-refractivity contribution < 1.29 is 14.3 Å². The van der Waals surface area contributed by atoms with Gasteiger partial charge < -0.3 is 14.8 Å². The monoisotopic (exact) mass is 507 g/mol. The molecule has 0 spiro atoms. The van der Waals surface area contributed by atoms with Crippen molar-refractivity contribution in [2.24, 2.45) is 5.41 Å². The van der Waals surface area contributed by atoms with Crippen LogP contribution in [-0.2, 0) is 11.4 Å². The molecule has 0 saturated carbocycles. The van der Waals surface area contributed by atoms with Crippen molar-refractivity contribution in [3.8, 4) is 11.5 Å². The Morgan fingerprint density at radius 2 is 1.81 bits per heavy atom. The van der Waals surface area contributed by atoms with Crippen LogP contribution in [0.3, 0.4) is 0 Å². The van der Waals surface area contributed by atoms with Gasteiger partial charge in [-0.15, -0.1) is 0 Å². The van der Waals surface area contributed by atoms with Gasteiger partial charge in [-0.05, 0) is 35.6 Å². The van der Waals surface area contributed by atoms with Gasteiger partial charge in [0.05, 0.1) is 12.7 Å². The topological polar surface area (TPSA) is 113 Å². The van der Waals surface area contributed by atoms with Crippen LogP contribution in [0.4, 0.5) is 5.82 Å². The molecule has 36 heavy (non-hydrogen) atoms. The molecule has 0 bridgehead atoms. The average Bonchev–Trinajstić information content (AvgIpc) is 2.81. The van der Waals surface area contributed by atoms with Gasteiger partial charge in [0.25, 0.3) is 5.56 Å². The highest BCUT2D eigenvalue weighted by Gasteiger charge is 2.42. The van der Waals surface area contributed by atoms with Gasteiger partial charge in [-0.3, -0.25) is 19.6 Å². The summed E-state index contributed by atoms with van der Waals surface area (Å²) in [5.74, 6) is 0.540. The Kier molecular flexibility index (Phi) is 6.00. The van der Waals surface area contributed by atoms with E-state index in [0.717, 1.165) is 5.56 Å². The lowest BCUT2D eigenvalue weighted by molar-refractivity contribution is -0.118. The number of hydrogen-bond donors (Lipinski definition) is 3. The zero-order chi connectivity index (χ0) is 25.6. The van der Waals surface area contributed by atoms with Crippen LogP contribution in [0, 0.1) is 5.41 Å². The van der Waals surface area contributed by atoms with Crippen molar-refractivity contribution in [3.63, 3.8) is 0 Å². The average molecular weight is 508 g/mol. The molecule has 3 N–H and O–H groups in total. The number of Topliss-reactive ketones (excluding diaryl/α,β-unsaturated/α-hetero) is 1. The fraction of sp³-hybridized carbons (Fsp3) is 0.296. The first-order valence-corrected chi connectivity index (χ1v) is 12.0.